The van der Waals surface area contributed by atoms with Crippen molar-refractivity contribution in [2.24, 2.45) is 10.2 Å². The Hall–Kier alpha value is -2.60. The van der Waals surface area contributed by atoms with Gasteiger partial charge in [0.25, 0.3) is 0 Å². The molecule has 2 heterocycles. The summed E-state index contributed by atoms with van der Waals surface area (Å²) in [5, 5.41) is 14.0. The summed E-state index contributed by atoms with van der Waals surface area (Å²) in [6, 6.07) is 17.7. The van der Waals surface area contributed by atoms with Gasteiger partial charge in [-0.3, -0.25) is 4.90 Å². The number of benzene rings is 2. The lowest BCUT2D eigenvalue weighted by atomic mass is 10.1. The number of rotatable bonds is 3. The number of para-hydroxylation sites is 2. The van der Waals surface area contributed by atoms with Crippen molar-refractivity contribution in [3.8, 4) is 0 Å². The molecule has 1 atom stereocenters. The molecular weight excluding hydrogens is 296 g/mol. The molecule has 1 aliphatic rings. The van der Waals surface area contributed by atoms with Crippen LogP contribution < -0.4 is 4.90 Å². The molecule has 5 nitrogen and oxygen atoms in total. The molecule has 0 fully saturated rings. The molecule has 22 heavy (non-hydrogen) atoms. The van der Waals surface area contributed by atoms with Crippen LogP contribution in [0, 0.1) is 0 Å². The van der Waals surface area contributed by atoms with Crippen molar-refractivity contribution >= 4 is 34.0 Å². The number of fused-ring (bicyclic) bond motifs is 1. The van der Waals surface area contributed by atoms with E-state index in [1.807, 2.05) is 59.5 Å². The number of hydrogen-bond acceptors (Lipinski definition) is 4. The van der Waals surface area contributed by atoms with Crippen LogP contribution in [0.4, 0.5) is 5.69 Å². The predicted octanol–water partition coefficient (Wildman–Crippen LogP) is 3.95. The maximum absolute atomic E-state index is 5.35. The van der Waals surface area contributed by atoms with Gasteiger partial charge >= 0.3 is 0 Å². The molecule has 0 N–H and O–H groups in total. The van der Waals surface area contributed by atoms with Crippen molar-refractivity contribution in [3.05, 3.63) is 60.3 Å². The smallest absolute Gasteiger partial charge is 0.222 e. The molecule has 0 amide bonds. The van der Waals surface area contributed by atoms with E-state index in [0.29, 0.717) is 11.5 Å². The summed E-state index contributed by atoms with van der Waals surface area (Å²) in [5.74, 6) is 0. The molecule has 1 aliphatic heterocycles. The van der Waals surface area contributed by atoms with Crippen LogP contribution >= 0.6 is 12.2 Å². The Kier molecular flexibility index (Phi) is 3.16. The van der Waals surface area contributed by atoms with Crippen LogP contribution in [0.1, 0.15) is 5.69 Å². The lowest BCUT2D eigenvalue weighted by Crippen LogP contribution is -2.34. The fraction of sp³-hybridized carbons (Fsp3) is 0.125. The standard InChI is InChI=1S/C16H12N4OS/c22-16-18-17-15(20(16)11-6-2-1-3-7-11)10-13-12-8-4-5-9-14(12)21-19-13/h1-9,15H,10H2. The molecule has 4 rings (SSSR count). The average molecular weight is 308 g/mol. The van der Waals surface area contributed by atoms with E-state index in [4.69, 9.17) is 16.7 Å². The van der Waals surface area contributed by atoms with E-state index in [0.717, 1.165) is 22.4 Å². The van der Waals surface area contributed by atoms with Gasteiger partial charge in [0.2, 0.25) is 5.11 Å². The first-order chi connectivity index (χ1) is 10.8. The third-order valence-corrected chi connectivity index (χ3v) is 3.92. The summed E-state index contributed by atoms with van der Waals surface area (Å²) in [6.45, 7) is 0. The van der Waals surface area contributed by atoms with Crippen molar-refractivity contribution in [1.29, 1.82) is 0 Å². The Morgan fingerprint density at radius 3 is 2.68 bits per heavy atom. The SMILES string of the molecule is S=C1N=NC(Cc2noc3ccccc23)N1c1ccccc1. The first-order valence-electron chi connectivity index (χ1n) is 6.95. The van der Waals surface area contributed by atoms with Gasteiger partial charge in [0.05, 0.1) is 5.69 Å². The largest absolute Gasteiger partial charge is 0.356 e. The van der Waals surface area contributed by atoms with E-state index in [1.165, 1.54) is 0 Å². The Balaban J connectivity index is 1.67. The summed E-state index contributed by atoms with van der Waals surface area (Å²) in [6.07, 6.45) is 0.402. The van der Waals surface area contributed by atoms with E-state index in [9.17, 15) is 0 Å². The summed E-state index contributed by atoms with van der Waals surface area (Å²) in [4.78, 5) is 1.94. The highest BCUT2D eigenvalue weighted by molar-refractivity contribution is 7.80. The fourth-order valence-corrected chi connectivity index (χ4v) is 2.88. The Bertz CT molecular complexity index is 859. The predicted molar refractivity (Wildman–Crippen MR) is 87.9 cm³/mol. The Morgan fingerprint density at radius 1 is 1.05 bits per heavy atom. The Morgan fingerprint density at radius 2 is 1.82 bits per heavy atom. The van der Waals surface area contributed by atoms with Crippen LogP contribution in [-0.4, -0.2) is 16.4 Å². The van der Waals surface area contributed by atoms with E-state index >= 15 is 0 Å². The molecule has 1 unspecified atom stereocenters. The molecular formula is C16H12N4OS. The maximum atomic E-state index is 5.35. The highest BCUT2D eigenvalue weighted by Crippen LogP contribution is 2.27. The highest BCUT2D eigenvalue weighted by atomic mass is 32.1. The number of anilines is 1. The van der Waals surface area contributed by atoms with Crippen molar-refractivity contribution in [2.45, 2.75) is 12.6 Å². The molecule has 0 spiro atoms. The lowest BCUT2D eigenvalue weighted by Gasteiger charge is -2.22. The van der Waals surface area contributed by atoms with E-state index < -0.39 is 0 Å². The number of hydrogen-bond donors (Lipinski definition) is 0. The highest BCUT2D eigenvalue weighted by Gasteiger charge is 2.29. The van der Waals surface area contributed by atoms with Crippen LogP contribution in [0.2, 0.25) is 0 Å². The Labute approximate surface area is 132 Å². The zero-order valence-corrected chi connectivity index (χ0v) is 12.4. The minimum atomic E-state index is -0.191. The molecule has 0 saturated heterocycles. The van der Waals surface area contributed by atoms with Crippen LogP contribution in [0.3, 0.4) is 0 Å². The van der Waals surface area contributed by atoms with Crippen LogP contribution in [0.15, 0.2) is 69.3 Å². The van der Waals surface area contributed by atoms with Gasteiger partial charge in [-0.05, 0) is 36.5 Å². The molecule has 0 aliphatic carbocycles. The van der Waals surface area contributed by atoms with Crippen LogP contribution in [0.25, 0.3) is 11.0 Å². The summed E-state index contributed by atoms with van der Waals surface area (Å²) in [7, 11) is 0. The second kappa shape index (κ2) is 5.31. The lowest BCUT2D eigenvalue weighted by molar-refractivity contribution is 0.442. The van der Waals surface area contributed by atoms with Gasteiger partial charge in [0.1, 0.15) is 0 Å². The zero-order valence-electron chi connectivity index (χ0n) is 11.6. The second-order valence-corrected chi connectivity index (χ2v) is 5.38. The van der Waals surface area contributed by atoms with Crippen molar-refractivity contribution in [1.82, 2.24) is 5.16 Å². The molecule has 3 aromatic rings. The van der Waals surface area contributed by atoms with Gasteiger partial charge in [-0.15, -0.1) is 5.11 Å². The third kappa shape index (κ3) is 2.17. The van der Waals surface area contributed by atoms with E-state index in [1.54, 1.807) is 0 Å². The first kappa shape index (κ1) is 13.1. The molecule has 0 bridgehead atoms. The average Bonchev–Trinajstić information content (AvgIpc) is 3.13. The molecule has 0 radical (unpaired) electrons. The van der Waals surface area contributed by atoms with Crippen molar-refractivity contribution in [3.63, 3.8) is 0 Å². The first-order valence-corrected chi connectivity index (χ1v) is 7.36. The van der Waals surface area contributed by atoms with Crippen molar-refractivity contribution < 1.29 is 4.52 Å². The molecule has 1 aromatic heterocycles. The topological polar surface area (TPSA) is 54.0 Å². The number of nitrogens with zero attached hydrogens (tertiary/aromatic N) is 4. The summed E-state index contributed by atoms with van der Waals surface area (Å²) < 4.78 is 5.35. The van der Waals surface area contributed by atoms with Gasteiger partial charge in [0, 0.05) is 17.5 Å². The monoisotopic (exact) mass is 308 g/mol. The van der Waals surface area contributed by atoms with Gasteiger partial charge in [-0.2, -0.15) is 5.11 Å². The molecule has 108 valence electrons. The quantitative estimate of drug-likeness (QED) is 0.687. The van der Waals surface area contributed by atoms with Crippen molar-refractivity contribution in [2.75, 3.05) is 4.90 Å². The number of aromatic nitrogens is 1. The van der Waals surface area contributed by atoms with Crippen LogP contribution in [-0.2, 0) is 6.42 Å². The minimum absolute atomic E-state index is 0.191. The fourth-order valence-electron chi connectivity index (χ4n) is 2.60. The molecule has 2 aromatic carbocycles. The third-order valence-electron chi connectivity index (χ3n) is 3.64. The van der Waals surface area contributed by atoms with Gasteiger partial charge in [-0.1, -0.05) is 35.5 Å². The van der Waals surface area contributed by atoms with Gasteiger partial charge in [-0.25, -0.2) is 0 Å². The van der Waals surface area contributed by atoms with E-state index in [-0.39, 0.29) is 6.17 Å². The molecule has 6 heteroatoms. The minimum Gasteiger partial charge on any atom is -0.356 e. The maximum Gasteiger partial charge on any atom is 0.222 e. The van der Waals surface area contributed by atoms with Crippen LogP contribution in [0.5, 0.6) is 0 Å². The summed E-state index contributed by atoms with van der Waals surface area (Å²) in [5.41, 5.74) is 2.63. The molecule has 0 saturated carbocycles. The van der Waals surface area contributed by atoms with E-state index in [2.05, 4.69) is 15.4 Å². The second-order valence-electron chi connectivity index (χ2n) is 5.01. The number of azo groups is 1. The zero-order chi connectivity index (χ0) is 14.9. The summed E-state index contributed by atoms with van der Waals surface area (Å²) >= 11 is 5.31. The van der Waals surface area contributed by atoms with Gasteiger partial charge < -0.3 is 4.52 Å². The normalized spacial score (nSPS) is 17.5. The number of thiocarbonyl (C=S) groups is 1. The van der Waals surface area contributed by atoms with Gasteiger partial charge in [0.15, 0.2) is 11.7 Å².